The Morgan fingerprint density at radius 3 is 2.50 bits per heavy atom. The highest BCUT2D eigenvalue weighted by Crippen LogP contribution is 2.45. The first kappa shape index (κ1) is 29.2. The van der Waals surface area contributed by atoms with Gasteiger partial charge in [-0.05, 0) is 55.0 Å². The second-order valence-corrected chi connectivity index (χ2v) is 10.4. The zero-order chi connectivity index (χ0) is 29.8. The van der Waals surface area contributed by atoms with Crippen molar-refractivity contribution in [1.29, 1.82) is 5.26 Å². The standard InChI is InChI=1S/C32H23Cl3N2O5/c1-2-39-29-13-18(8-12-27(29)40-17-19-7-9-20(33)14-26(19)35)30-23-11-10-21(15-28(23)42-31(37)24(30)16-36)41-32(38)22-5-3-4-6-25(22)34/h3-15,30H,2,17,37H2,1H3. The van der Waals surface area contributed by atoms with Gasteiger partial charge in [0.1, 0.15) is 29.7 Å². The fraction of sp³-hybridized carbons (Fsp3) is 0.125. The maximum Gasteiger partial charge on any atom is 0.345 e. The number of benzene rings is 4. The molecule has 0 saturated carbocycles. The van der Waals surface area contributed by atoms with Crippen molar-refractivity contribution in [2.24, 2.45) is 5.73 Å². The maximum atomic E-state index is 12.7. The third-order valence-electron chi connectivity index (χ3n) is 6.49. The number of fused-ring (bicyclic) bond motifs is 1. The molecule has 2 N–H and O–H groups in total. The van der Waals surface area contributed by atoms with E-state index in [-0.39, 0.29) is 34.4 Å². The number of ether oxygens (including phenoxy) is 4. The van der Waals surface area contributed by atoms with Gasteiger partial charge in [-0.3, -0.25) is 0 Å². The Morgan fingerprint density at radius 1 is 0.952 bits per heavy atom. The van der Waals surface area contributed by atoms with Gasteiger partial charge in [0.05, 0.1) is 23.1 Å². The van der Waals surface area contributed by atoms with Crippen LogP contribution in [0, 0.1) is 11.3 Å². The number of carbonyl (C=O) groups is 1. The summed E-state index contributed by atoms with van der Waals surface area (Å²) < 4.78 is 23.3. The Bertz CT molecular complexity index is 1750. The minimum atomic E-state index is -0.619. The number of hydrogen-bond donors (Lipinski definition) is 1. The molecule has 1 aliphatic rings. The van der Waals surface area contributed by atoms with Gasteiger partial charge < -0.3 is 24.7 Å². The van der Waals surface area contributed by atoms with E-state index in [0.29, 0.717) is 39.5 Å². The quantitative estimate of drug-likeness (QED) is 0.157. The van der Waals surface area contributed by atoms with E-state index in [2.05, 4.69) is 6.07 Å². The number of hydrogen-bond acceptors (Lipinski definition) is 7. The summed E-state index contributed by atoms with van der Waals surface area (Å²) in [5.41, 5.74) is 8.79. The van der Waals surface area contributed by atoms with Crippen LogP contribution in [0.3, 0.4) is 0 Å². The average molecular weight is 622 g/mol. The Morgan fingerprint density at radius 2 is 1.76 bits per heavy atom. The SMILES string of the molecule is CCOc1cc(C2C(C#N)=C(N)Oc3cc(OC(=O)c4ccccc4Cl)ccc32)ccc1OCc1ccc(Cl)cc1Cl. The van der Waals surface area contributed by atoms with E-state index in [1.807, 2.05) is 13.0 Å². The van der Waals surface area contributed by atoms with Crippen LogP contribution in [-0.4, -0.2) is 12.6 Å². The second-order valence-electron chi connectivity index (χ2n) is 9.16. The first-order valence-electron chi connectivity index (χ1n) is 12.8. The summed E-state index contributed by atoms with van der Waals surface area (Å²) in [6.45, 7) is 2.44. The molecule has 1 unspecified atom stereocenters. The molecule has 4 aromatic carbocycles. The minimum Gasteiger partial charge on any atom is -0.490 e. The van der Waals surface area contributed by atoms with Crippen molar-refractivity contribution < 1.29 is 23.7 Å². The van der Waals surface area contributed by atoms with Crippen molar-refractivity contribution in [1.82, 2.24) is 0 Å². The van der Waals surface area contributed by atoms with Crippen LogP contribution < -0.4 is 24.7 Å². The molecule has 1 atom stereocenters. The van der Waals surface area contributed by atoms with Crippen molar-refractivity contribution >= 4 is 40.8 Å². The third kappa shape index (κ3) is 6.12. The average Bonchev–Trinajstić information content (AvgIpc) is 2.97. The summed E-state index contributed by atoms with van der Waals surface area (Å²) in [5.74, 6) is 0.296. The van der Waals surface area contributed by atoms with Gasteiger partial charge >= 0.3 is 5.97 Å². The van der Waals surface area contributed by atoms with Crippen LogP contribution in [-0.2, 0) is 6.61 Å². The number of nitriles is 1. The highest BCUT2D eigenvalue weighted by Gasteiger charge is 2.32. The zero-order valence-electron chi connectivity index (χ0n) is 22.2. The van der Waals surface area contributed by atoms with E-state index in [0.717, 1.165) is 11.1 Å². The smallest absolute Gasteiger partial charge is 0.345 e. The molecule has 0 spiro atoms. The number of esters is 1. The second kappa shape index (κ2) is 12.7. The maximum absolute atomic E-state index is 12.7. The number of nitrogens with zero attached hydrogens (tertiary/aromatic N) is 1. The highest BCUT2D eigenvalue weighted by molar-refractivity contribution is 6.35. The molecule has 4 aromatic rings. The van der Waals surface area contributed by atoms with Gasteiger partial charge in [-0.25, -0.2) is 4.79 Å². The fourth-order valence-corrected chi connectivity index (χ4v) is 5.19. The summed E-state index contributed by atoms with van der Waals surface area (Å²) in [4.78, 5) is 12.7. The predicted molar refractivity (Wildman–Crippen MR) is 161 cm³/mol. The van der Waals surface area contributed by atoms with Crippen LogP contribution in [0.2, 0.25) is 15.1 Å². The summed E-state index contributed by atoms with van der Waals surface area (Å²) in [6.07, 6.45) is 0. The molecule has 0 radical (unpaired) electrons. The first-order chi connectivity index (χ1) is 20.3. The Balaban J connectivity index is 1.45. The molecular formula is C32H23Cl3N2O5. The van der Waals surface area contributed by atoms with Crippen molar-refractivity contribution in [3.63, 3.8) is 0 Å². The van der Waals surface area contributed by atoms with Gasteiger partial charge in [0, 0.05) is 27.2 Å². The Hall–Kier alpha value is -4.35. The minimum absolute atomic E-state index is 0.0553. The predicted octanol–water partition coefficient (Wildman–Crippen LogP) is 8.06. The van der Waals surface area contributed by atoms with Gasteiger partial charge in [0.15, 0.2) is 11.5 Å². The third-order valence-corrected chi connectivity index (χ3v) is 7.41. The summed E-state index contributed by atoms with van der Waals surface area (Å²) in [6, 6.07) is 24.3. The molecule has 0 amide bonds. The molecule has 5 rings (SSSR count). The van der Waals surface area contributed by atoms with E-state index in [1.54, 1.807) is 72.8 Å². The van der Waals surface area contributed by atoms with Crippen LogP contribution in [0.4, 0.5) is 0 Å². The van der Waals surface area contributed by atoms with Gasteiger partial charge in [-0.15, -0.1) is 0 Å². The summed E-state index contributed by atoms with van der Waals surface area (Å²) in [7, 11) is 0. The van der Waals surface area contributed by atoms with Crippen LogP contribution in [0.15, 0.2) is 90.3 Å². The molecule has 1 heterocycles. The normalized spacial score (nSPS) is 13.9. The van der Waals surface area contributed by atoms with Crippen molar-refractivity contribution in [3.8, 4) is 29.1 Å². The molecule has 42 heavy (non-hydrogen) atoms. The summed E-state index contributed by atoms with van der Waals surface area (Å²) >= 11 is 18.5. The monoisotopic (exact) mass is 620 g/mol. The molecule has 7 nitrogen and oxygen atoms in total. The van der Waals surface area contributed by atoms with Crippen LogP contribution in [0.5, 0.6) is 23.0 Å². The lowest BCUT2D eigenvalue weighted by molar-refractivity contribution is 0.0734. The van der Waals surface area contributed by atoms with Crippen molar-refractivity contribution in [2.45, 2.75) is 19.4 Å². The van der Waals surface area contributed by atoms with Gasteiger partial charge in [-0.2, -0.15) is 5.26 Å². The topological polar surface area (TPSA) is 104 Å². The highest BCUT2D eigenvalue weighted by atomic mass is 35.5. The van der Waals surface area contributed by atoms with Crippen molar-refractivity contribution in [3.05, 3.63) is 128 Å². The van der Waals surface area contributed by atoms with Gasteiger partial charge in [-0.1, -0.05) is 65.1 Å². The molecule has 0 aromatic heterocycles. The number of rotatable bonds is 8. The van der Waals surface area contributed by atoms with Gasteiger partial charge in [0.2, 0.25) is 5.88 Å². The molecule has 10 heteroatoms. The fourth-order valence-electron chi connectivity index (χ4n) is 4.52. The first-order valence-corrected chi connectivity index (χ1v) is 13.9. The lowest BCUT2D eigenvalue weighted by Crippen LogP contribution is -2.21. The van der Waals surface area contributed by atoms with Crippen LogP contribution in [0.25, 0.3) is 0 Å². The van der Waals surface area contributed by atoms with E-state index >= 15 is 0 Å². The van der Waals surface area contributed by atoms with E-state index in [9.17, 15) is 10.1 Å². The molecule has 0 saturated heterocycles. The van der Waals surface area contributed by atoms with Crippen LogP contribution in [0.1, 0.15) is 39.9 Å². The number of halogens is 3. The Labute approximate surface area is 257 Å². The number of nitrogens with two attached hydrogens (primary N) is 1. The van der Waals surface area contributed by atoms with E-state index in [4.69, 9.17) is 59.5 Å². The van der Waals surface area contributed by atoms with Gasteiger partial charge in [0.25, 0.3) is 0 Å². The number of carbonyl (C=O) groups excluding carboxylic acids is 1. The molecule has 0 bridgehead atoms. The van der Waals surface area contributed by atoms with E-state index < -0.39 is 11.9 Å². The molecule has 0 aliphatic carbocycles. The van der Waals surface area contributed by atoms with E-state index in [1.165, 1.54) is 0 Å². The largest absolute Gasteiger partial charge is 0.490 e. The summed E-state index contributed by atoms with van der Waals surface area (Å²) in [5, 5.41) is 11.3. The van der Waals surface area contributed by atoms with Crippen LogP contribution >= 0.6 is 34.8 Å². The number of allylic oxidation sites excluding steroid dienone is 1. The molecular weight excluding hydrogens is 599 g/mol. The molecule has 0 fully saturated rings. The lowest BCUT2D eigenvalue weighted by atomic mass is 9.83. The van der Waals surface area contributed by atoms with Crippen molar-refractivity contribution in [2.75, 3.05) is 6.61 Å². The lowest BCUT2D eigenvalue weighted by Gasteiger charge is -2.27. The zero-order valence-corrected chi connectivity index (χ0v) is 24.5. The molecule has 1 aliphatic heterocycles. The molecule has 212 valence electrons. The Kier molecular flexibility index (Phi) is 8.79.